The highest BCUT2D eigenvalue weighted by atomic mass is 16.5. The summed E-state index contributed by atoms with van der Waals surface area (Å²) in [4.78, 5) is 25.9. The number of benzene rings is 2. The van der Waals surface area contributed by atoms with Crippen molar-refractivity contribution in [3.05, 3.63) is 59.7 Å². The molecule has 0 aliphatic carbocycles. The van der Waals surface area contributed by atoms with Gasteiger partial charge in [0.05, 0.1) is 24.8 Å². The molecule has 5 nitrogen and oxygen atoms in total. The molecule has 148 valence electrons. The van der Waals surface area contributed by atoms with Crippen molar-refractivity contribution in [2.24, 2.45) is 0 Å². The third-order valence-electron chi connectivity index (χ3n) is 4.98. The van der Waals surface area contributed by atoms with Crippen molar-refractivity contribution in [3.8, 4) is 11.5 Å². The first kappa shape index (κ1) is 19.9. The van der Waals surface area contributed by atoms with Gasteiger partial charge in [0, 0.05) is 6.54 Å². The van der Waals surface area contributed by atoms with Crippen LogP contribution in [0.5, 0.6) is 11.5 Å². The fourth-order valence-electron chi connectivity index (χ4n) is 3.38. The highest BCUT2D eigenvalue weighted by Crippen LogP contribution is 2.23. The van der Waals surface area contributed by atoms with Gasteiger partial charge in [-0.2, -0.15) is 0 Å². The number of nitrogens with zero attached hydrogens (tertiary/aromatic N) is 1. The summed E-state index contributed by atoms with van der Waals surface area (Å²) < 4.78 is 10.8. The van der Waals surface area contributed by atoms with Crippen molar-refractivity contribution < 1.29 is 19.1 Å². The van der Waals surface area contributed by atoms with Crippen molar-refractivity contribution in [2.45, 2.75) is 38.5 Å². The molecule has 0 saturated carbocycles. The Kier molecular flexibility index (Phi) is 7.06. The minimum absolute atomic E-state index is 0.156. The Labute approximate surface area is 166 Å². The third-order valence-corrected chi connectivity index (χ3v) is 4.98. The summed E-state index contributed by atoms with van der Waals surface area (Å²) in [5.41, 5.74) is 1.06. The van der Waals surface area contributed by atoms with Crippen LogP contribution in [-0.2, 0) is 0 Å². The lowest BCUT2D eigenvalue weighted by Crippen LogP contribution is -2.30. The second kappa shape index (κ2) is 9.93. The van der Waals surface area contributed by atoms with E-state index in [0.717, 1.165) is 50.0 Å². The normalized spacial score (nSPS) is 13.0. The highest BCUT2D eigenvalue weighted by Gasteiger charge is 2.34. The zero-order valence-electron chi connectivity index (χ0n) is 16.4. The van der Waals surface area contributed by atoms with E-state index in [-0.39, 0.29) is 11.8 Å². The van der Waals surface area contributed by atoms with Gasteiger partial charge in [-0.3, -0.25) is 14.5 Å². The number of hydrogen-bond donors (Lipinski definition) is 0. The molecule has 0 radical (unpaired) electrons. The number of imide groups is 1. The lowest BCUT2D eigenvalue weighted by molar-refractivity contribution is 0.0651. The van der Waals surface area contributed by atoms with Crippen LogP contribution in [0.25, 0.3) is 0 Å². The monoisotopic (exact) mass is 381 g/mol. The van der Waals surface area contributed by atoms with Crippen molar-refractivity contribution >= 4 is 11.8 Å². The number of carbonyl (C=O) groups excluding carboxylic acids is 2. The molecular formula is C23H27NO4. The van der Waals surface area contributed by atoms with Gasteiger partial charge in [-0.1, -0.05) is 37.8 Å². The second-order valence-electron chi connectivity index (χ2n) is 6.95. The lowest BCUT2D eigenvalue weighted by Gasteiger charge is -2.13. The Morgan fingerprint density at radius 2 is 1.25 bits per heavy atom. The predicted molar refractivity (Wildman–Crippen MR) is 108 cm³/mol. The van der Waals surface area contributed by atoms with Crippen LogP contribution in [0.2, 0.25) is 0 Å². The van der Waals surface area contributed by atoms with Gasteiger partial charge in [-0.15, -0.1) is 0 Å². The van der Waals surface area contributed by atoms with Gasteiger partial charge in [0.25, 0.3) is 11.8 Å². The number of carbonyl (C=O) groups is 2. The molecule has 0 spiro atoms. The summed E-state index contributed by atoms with van der Waals surface area (Å²) in [6.45, 7) is 1.22. The minimum atomic E-state index is -0.156. The van der Waals surface area contributed by atoms with E-state index in [1.807, 2.05) is 24.3 Å². The molecule has 0 saturated heterocycles. The van der Waals surface area contributed by atoms with Crippen LogP contribution in [0.1, 0.15) is 59.2 Å². The van der Waals surface area contributed by atoms with E-state index in [4.69, 9.17) is 9.47 Å². The molecule has 28 heavy (non-hydrogen) atoms. The van der Waals surface area contributed by atoms with Crippen LogP contribution in [-0.4, -0.2) is 37.0 Å². The Bertz CT molecular complexity index is 766. The van der Waals surface area contributed by atoms with Crippen molar-refractivity contribution in [2.75, 3.05) is 20.3 Å². The smallest absolute Gasteiger partial charge is 0.261 e. The summed E-state index contributed by atoms with van der Waals surface area (Å²) in [5, 5.41) is 0. The van der Waals surface area contributed by atoms with Gasteiger partial charge in [0.15, 0.2) is 0 Å². The van der Waals surface area contributed by atoms with Crippen LogP contribution in [0.3, 0.4) is 0 Å². The maximum absolute atomic E-state index is 12.3. The summed E-state index contributed by atoms with van der Waals surface area (Å²) >= 11 is 0. The third kappa shape index (κ3) is 4.91. The average Bonchev–Trinajstić information content (AvgIpc) is 2.98. The molecule has 2 aromatic rings. The Balaban J connectivity index is 1.24. The van der Waals surface area contributed by atoms with Crippen LogP contribution in [0.15, 0.2) is 48.5 Å². The molecular weight excluding hydrogens is 354 g/mol. The van der Waals surface area contributed by atoms with Gasteiger partial charge in [0.2, 0.25) is 0 Å². The van der Waals surface area contributed by atoms with E-state index in [1.54, 1.807) is 31.4 Å². The number of methoxy groups -OCH3 is 1. The molecule has 0 fully saturated rings. The number of ether oxygens (including phenoxy) is 2. The Morgan fingerprint density at radius 1 is 0.714 bits per heavy atom. The van der Waals surface area contributed by atoms with E-state index < -0.39 is 0 Å². The molecule has 0 bridgehead atoms. The fraction of sp³-hybridized carbons (Fsp3) is 0.391. The SMILES string of the molecule is COc1ccc(OCCCCCCCCN2C(=O)c3ccccc3C2=O)cc1. The number of amides is 2. The van der Waals surface area contributed by atoms with Gasteiger partial charge in [-0.05, 0) is 49.2 Å². The van der Waals surface area contributed by atoms with Crippen molar-refractivity contribution in [1.29, 1.82) is 0 Å². The fourth-order valence-corrected chi connectivity index (χ4v) is 3.38. The summed E-state index contributed by atoms with van der Waals surface area (Å²) in [7, 11) is 1.65. The standard InChI is InChI=1S/C23H27NO4/c1-27-18-12-14-19(15-13-18)28-17-9-5-3-2-4-8-16-24-22(25)20-10-6-7-11-21(20)23(24)26/h6-7,10-15H,2-5,8-9,16-17H2,1H3. The maximum Gasteiger partial charge on any atom is 0.261 e. The summed E-state index contributed by atoms with van der Waals surface area (Å²) in [6.07, 6.45) is 6.24. The molecule has 1 aliphatic heterocycles. The minimum Gasteiger partial charge on any atom is -0.497 e. The van der Waals surface area contributed by atoms with Crippen molar-refractivity contribution in [1.82, 2.24) is 4.90 Å². The number of rotatable bonds is 11. The van der Waals surface area contributed by atoms with E-state index in [1.165, 1.54) is 4.90 Å². The van der Waals surface area contributed by atoms with Crippen molar-refractivity contribution in [3.63, 3.8) is 0 Å². The first-order valence-corrected chi connectivity index (χ1v) is 9.93. The molecule has 0 unspecified atom stereocenters. The van der Waals surface area contributed by atoms with E-state index in [0.29, 0.717) is 24.3 Å². The molecule has 3 rings (SSSR count). The van der Waals surface area contributed by atoms with E-state index in [9.17, 15) is 9.59 Å². The molecule has 1 aliphatic rings. The zero-order chi connectivity index (χ0) is 19.8. The van der Waals surface area contributed by atoms with Crippen LogP contribution in [0, 0.1) is 0 Å². The van der Waals surface area contributed by atoms with Crippen LogP contribution in [0.4, 0.5) is 0 Å². The quantitative estimate of drug-likeness (QED) is 0.418. The Morgan fingerprint density at radius 3 is 1.86 bits per heavy atom. The molecule has 1 heterocycles. The van der Waals surface area contributed by atoms with Gasteiger partial charge < -0.3 is 9.47 Å². The topological polar surface area (TPSA) is 55.8 Å². The predicted octanol–water partition coefficient (Wildman–Crippen LogP) is 4.71. The second-order valence-corrected chi connectivity index (χ2v) is 6.95. The Hall–Kier alpha value is -2.82. The molecule has 2 aromatic carbocycles. The lowest BCUT2D eigenvalue weighted by atomic mass is 10.1. The average molecular weight is 381 g/mol. The van der Waals surface area contributed by atoms with Crippen LogP contribution >= 0.6 is 0 Å². The molecule has 0 aromatic heterocycles. The molecule has 0 N–H and O–H groups in total. The number of fused-ring (bicyclic) bond motifs is 1. The van der Waals surface area contributed by atoms with Gasteiger partial charge >= 0.3 is 0 Å². The van der Waals surface area contributed by atoms with Gasteiger partial charge in [-0.25, -0.2) is 0 Å². The number of unbranched alkanes of at least 4 members (excludes halogenated alkanes) is 5. The first-order valence-electron chi connectivity index (χ1n) is 9.93. The molecule has 2 amide bonds. The summed E-state index contributed by atoms with van der Waals surface area (Å²) in [5.74, 6) is 1.38. The van der Waals surface area contributed by atoms with E-state index >= 15 is 0 Å². The van der Waals surface area contributed by atoms with Crippen LogP contribution < -0.4 is 9.47 Å². The maximum atomic E-state index is 12.3. The largest absolute Gasteiger partial charge is 0.497 e. The van der Waals surface area contributed by atoms with Gasteiger partial charge in [0.1, 0.15) is 11.5 Å². The zero-order valence-corrected chi connectivity index (χ0v) is 16.4. The molecule has 5 heteroatoms. The molecule has 0 atom stereocenters. The van der Waals surface area contributed by atoms with E-state index in [2.05, 4.69) is 0 Å². The summed E-state index contributed by atoms with van der Waals surface area (Å²) in [6, 6.07) is 14.7. The number of hydrogen-bond acceptors (Lipinski definition) is 4. The first-order chi connectivity index (χ1) is 13.7. The highest BCUT2D eigenvalue weighted by molar-refractivity contribution is 6.21.